The number of hydrogen-bond acceptors (Lipinski definition) is 0. The van der Waals surface area contributed by atoms with Crippen LogP contribution in [0.2, 0.25) is 0 Å². The average Bonchev–Trinajstić information content (AvgIpc) is 2.86. The van der Waals surface area contributed by atoms with Crippen molar-refractivity contribution in [3.8, 4) is 11.8 Å². The van der Waals surface area contributed by atoms with Gasteiger partial charge in [-0.2, -0.15) is 0 Å². The van der Waals surface area contributed by atoms with Gasteiger partial charge < -0.3 is 0 Å². The van der Waals surface area contributed by atoms with Crippen molar-refractivity contribution < 1.29 is 17.6 Å². The van der Waals surface area contributed by atoms with E-state index in [1.54, 1.807) is 12.1 Å². The van der Waals surface area contributed by atoms with Crippen LogP contribution in [0.3, 0.4) is 0 Å². The average molecular weight is 481 g/mol. The first kappa shape index (κ1) is 25.3. The Labute approximate surface area is 205 Å². The molecule has 0 nitrogen and oxygen atoms in total. The number of fused-ring (bicyclic) bond motifs is 1. The van der Waals surface area contributed by atoms with Crippen molar-refractivity contribution in [2.24, 2.45) is 11.8 Å². The summed E-state index contributed by atoms with van der Waals surface area (Å²) < 4.78 is 55.5. The van der Waals surface area contributed by atoms with Crippen molar-refractivity contribution >= 4 is 10.8 Å². The molecule has 0 radical (unpaired) electrons. The van der Waals surface area contributed by atoms with Crippen LogP contribution in [0.25, 0.3) is 10.8 Å². The molecule has 1 saturated carbocycles. The minimum atomic E-state index is -1.49. The van der Waals surface area contributed by atoms with Crippen LogP contribution in [0, 0.1) is 46.9 Å². The van der Waals surface area contributed by atoms with E-state index in [1.807, 2.05) is 6.07 Å². The summed E-state index contributed by atoms with van der Waals surface area (Å²) in [6.45, 7) is 2.25. The molecular formula is C31H32F4. The smallest absolute Gasteiger partial charge is 0.195 e. The molecule has 0 N–H and O–H groups in total. The second-order valence-electron chi connectivity index (χ2n) is 9.91. The normalized spacial score (nSPS) is 17.9. The van der Waals surface area contributed by atoms with E-state index in [2.05, 4.69) is 18.8 Å². The van der Waals surface area contributed by atoms with Crippen LogP contribution < -0.4 is 0 Å². The van der Waals surface area contributed by atoms with Gasteiger partial charge in [-0.25, -0.2) is 17.6 Å². The lowest BCUT2D eigenvalue weighted by Crippen LogP contribution is -2.15. The molecule has 3 aromatic carbocycles. The summed E-state index contributed by atoms with van der Waals surface area (Å²) in [5.41, 5.74) is 1.73. The van der Waals surface area contributed by atoms with Crippen LogP contribution in [-0.2, 0) is 6.42 Å². The molecule has 0 saturated heterocycles. The Hall–Kier alpha value is -2.80. The van der Waals surface area contributed by atoms with E-state index in [1.165, 1.54) is 69.6 Å². The van der Waals surface area contributed by atoms with Gasteiger partial charge >= 0.3 is 0 Å². The van der Waals surface area contributed by atoms with Crippen LogP contribution in [0.5, 0.6) is 0 Å². The highest BCUT2D eigenvalue weighted by Gasteiger charge is 2.20. The predicted octanol–water partition coefficient (Wildman–Crippen LogP) is 9.12. The maximum atomic E-state index is 14.7. The molecule has 0 amide bonds. The fraction of sp³-hybridized carbons (Fsp3) is 0.419. The molecule has 184 valence electrons. The number of benzene rings is 3. The molecule has 0 spiro atoms. The zero-order valence-corrected chi connectivity index (χ0v) is 20.3. The molecule has 4 rings (SSSR count). The zero-order chi connectivity index (χ0) is 24.8. The third-order valence-corrected chi connectivity index (χ3v) is 7.37. The van der Waals surface area contributed by atoms with Gasteiger partial charge in [0.25, 0.3) is 0 Å². The number of aryl methyl sites for hydroxylation is 1. The van der Waals surface area contributed by atoms with Crippen LogP contribution in [0.4, 0.5) is 17.6 Å². The molecule has 1 fully saturated rings. The van der Waals surface area contributed by atoms with Crippen LogP contribution >= 0.6 is 0 Å². The quantitative estimate of drug-likeness (QED) is 0.137. The fourth-order valence-corrected chi connectivity index (χ4v) is 5.20. The second kappa shape index (κ2) is 11.8. The van der Waals surface area contributed by atoms with E-state index in [-0.39, 0.29) is 22.2 Å². The number of unbranched alkanes of at least 4 members (excludes halogenated alkanes) is 2. The maximum absolute atomic E-state index is 14.7. The SMILES string of the molecule is CCCCCC1CCC(CCc2ccc(C#Cc3ccc4c(F)c(F)c(F)cc4c3)c(F)c2)CC1. The Balaban J connectivity index is 1.34. The lowest BCUT2D eigenvalue weighted by atomic mass is 9.78. The molecule has 3 aromatic rings. The molecule has 35 heavy (non-hydrogen) atoms. The van der Waals surface area contributed by atoms with E-state index in [0.29, 0.717) is 5.56 Å². The molecule has 0 unspecified atom stereocenters. The first-order valence-electron chi connectivity index (χ1n) is 12.8. The second-order valence-corrected chi connectivity index (χ2v) is 9.91. The monoisotopic (exact) mass is 480 g/mol. The Morgan fingerprint density at radius 1 is 0.743 bits per heavy atom. The molecule has 0 atom stereocenters. The van der Waals surface area contributed by atoms with Crippen molar-refractivity contribution in [3.05, 3.63) is 82.4 Å². The predicted molar refractivity (Wildman–Crippen MR) is 134 cm³/mol. The van der Waals surface area contributed by atoms with Crippen LogP contribution in [0.1, 0.15) is 81.4 Å². The number of rotatable bonds is 7. The van der Waals surface area contributed by atoms with E-state index in [0.717, 1.165) is 36.3 Å². The molecule has 1 aliphatic carbocycles. The molecule has 4 heteroatoms. The lowest BCUT2D eigenvalue weighted by Gasteiger charge is -2.28. The Kier molecular flexibility index (Phi) is 8.50. The highest BCUT2D eigenvalue weighted by molar-refractivity contribution is 5.84. The molecule has 1 aliphatic rings. The van der Waals surface area contributed by atoms with Crippen molar-refractivity contribution in [3.63, 3.8) is 0 Å². The molecular weight excluding hydrogens is 448 g/mol. The fourth-order valence-electron chi connectivity index (χ4n) is 5.20. The third-order valence-electron chi connectivity index (χ3n) is 7.37. The van der Waals surface area contributed by atoms with E-state index in [4.69, 9.17) is 0 Å². The minimum absolute atomic E-state index is 0.0186. The summed E-state index contributed by atoms with van der Waals surface area (Å²) in [4.78, 5) is 0. The topological polar surface area (TPSA) is 0 Å². The Morgan fingerprint density at radius 3 is 2.20 bits per heavy atom. The van der Waals surface area contributed by atoms with Gasteiger partial charge in [-0.15, -0.1) is 0 Å². The summed E-state index contributed by atoms with van der Waals surface area (Å²) in [7, 11) is 0. The van der Waals surface area contributed by atoms with Crippen molar-refractivity contribution in [2.45, 2.75) is 71.1 Å². The molecule has 0 heterocycles. The van der Waals surface area contributed by atoms with Crippen LogP contribution in [0.15, 0.2) is 42.5 Å². The maximum Gasteiger partial charge on any atom is 0.195 e. The zero-order valence-electron chi connectivity index (χ0n) is 20.3. The van der Waals surface area contributed by atoms with Gasteiger partial charge in [0.2, 0.25) is 0 Å². The summed E-state index contributed by atoms with van der Waals surface area (Å²) in [6.07, 6.45) is 12.6. The van der Waals surface area contributed by atoms with E-state index in [9.17, 15) is 17.6 Å². The highest BCUT2D eigenvalue weighted by Crippen LogP contribution is 2.34. The van der Waals surface area contributed by atoms with Crippen molar-refractivity contribution in [2.75, 3.05) is 0 Å². The first-order valence-corrected chi connectivity index (χ1v) is 12.8. The summed E-state index contributed by atoms with van der Waals surface area (Å²) >= 11 is 0. The lowest BCUT2D eigenvalue weighted by molar-refractivity contribution is 0.249. The number of hydrogen-bond donors (Lipinski definition) is 0. The summed E-state index contributed by atoms with van der Waals surface area (Å²) in [5, 5.41) is 0.189. The molecule has 0 bridgehead atoms. The van der Waals surface area contributed by atoms with Gasteiger partial charge in [-0.05, 0) is 66.0 Å². The third kappa shape index (κ3) is 6.45. The van der Waals surface area contributed by atoms with Crippen LogP contribution in [-0.4, -0.2) is 0 Å². The van der Waals surface area contributed by atoms with Gasteiger partial charge in [0.15, 0.2) is 17.5 Å². The Bertz CT molecular complexity index is 1230. The molecule has 0 aromatic heterocycles. The van der Waals surface area contributed by atoms with Gasteiger partial charge in [-0.3, -0.25) is 0 Å². The van der Waals surface area contributed by atoms with Crippen molar-refractivity contribution in [1.29, 1.82) is 0 Å². The van der Waals surface area contributed by atoms with Gasteiger partial charge in [0.05, 0.1) is 5.56 Å². The van der Waals surface area contributed by atoms with E-state index >= 15 is 0 Å². The van der Waals surface area contributed by atoms with Gasteiger partial charge in [0.1, 0.15) is 5.82 Å². The molecule has 0 aliphatic heterocycles. The number of halogens is 4. The van der Waals surface area contributed by atoms with E-state index < -0.39 is 17.5 Å². The highest BCUT2D eigenvalue weighted by atomic mass is 19.2. The summed E-state index contributed by atoms with van der Waals surface area (Å²) in [5.74, 6) is 2.95. The van der Waals surface area contributed by atoms with Gasteiger partial charge in [0, 0.05) is 10.9 Å². The standard InChI is InChI=1S/C31H32F4/c1-2-3-4-5-21-6-8-22(9-7-21)10-11-24-13-16-25(28(32)19-24)15-12-23-14-17-27-26(18-23)20-29(33)31(35)30(27)34/h13-14,16-22H,2-11H2,1H3. The first-order chi connectivity index (χ1) is 16.9. The van der Waals surface area contributed by atoms with Crippen molar-refractivity contribution in [1.82, 2.24) is 0 Å². The van der Waals surface area contributed by atoms with Gasteiger partial charge in [-0.1, -0.05) is 82.3 Å². The largest absolute Gasteiger partial charge is 0.206 e. The Morgan fingerprint density at radius 2 is 1.49 bits per heavy atom. The summed E-state index contributed by atoms with van der Waals surface area (Å²) in [6, 6.07) is 10.5. The minimum Gasteiger partial charge on any atom is -0.206 e.